The molecule has 0 bridgehead atoms. The monoisotopic (exact) mass is 413 g/mol. The number of hydrogen-bond donors (Lipinski definition) is 1. The van der Waals surface area contributed by atoms with Crippen LogP contribution >= 0.6 is 15.9 Å². The van der Waals surface area contributed by atoms with Crippen molar-refractivity contribution >= 4 is 22.0 Å². The maximum Gasteiger partial charge on any atom is 0.407 e. The van der Waals surface area contributed by atoms with Crippen molar-refractivity contribution < 1.29 is 18.7 Å². The molecule has 1 aromatic carbocycles. The second-order valence-electron chi connectivity index (χ2n) is 6.43. The number of rotatable bonds is 6. The van der Waals surface area contributed by atoms with Crippen molar-refractivity contribution in [1.29, 1.82) is 0 Å². The molecule has 0 fully saturated rings. The van der Waals surface area contributed by atoms with E-state index in [4.69, 9.17) is 9.47 Å². The summed E-state index contributed by atoms with van der Waals surface area (Å²) in [6, 6.07) is 4.69. The summed E-state index contributed by atoms with van der Waals surface area (Å²) in [5.41, 5.74) is 0.256. The first-order valence-corrected chi connectivity index (χ1v) is 8.58. The molecule has 0 aliphatic heterocycles. The summed E-state index contributed by atoms with van der Waals surface area (Å²) in [6.45, 7) is 6.43. The maximum absolute atomic E-state index is 13.4. The van der Waals surface area contributed by atoms with Gasteiger partial charge in [-0.1, -0.05) is 15.9 Å². The van der Waals surface area contributed by atoms with E-state index >= 15 is 0 Å². The molecule has 8 heteroatoms. The van der Waals surface area contributed by atoms with E-state index < -0.39 is 11.7 Å². The van der Waals surface area contributed by atoms with E-state index in [-0.39, 0.29) is 12.4 Å². The van der Waals surface area contributed by atoms with Gasteiger partial charge in [0.15, 0.2) is 5.75 Å². The van der Waals surface area contributed by atoms with E-state index in [0.29, 0.717) is 23.3 Å². The van der Waals surface area contributed by atoms with Crippen LogP contribution in [0.3, 0.4) is 0 Å². The van der Waals surface area contributed by atoms with Crippen LogP contribution in [-0.2, 0) is 11.3 Å². The zero-order valence-electron chi connectivity index (χ0n) is 14.4. The third-order valence-electron chi connectivity index (χ3n) is 2.92. The number of hydrogen-bond acceptors (Lipinski definition) is 4. The molecule has 0 unspecified atom stereocenters. The molecule has 6 nitrogen and oxygen atoms in total. The molecule has 0 atom stereocenters. The number of carbonyl (C=O) groups is 1. The van der Waals surface area contributed by atoms with E-state index in [1.165, 1.54) is 12.1 Å². The number of halogens is 2. The number of amides is 1. The van der Waals surface area contributed by atoms with Gasteiger partial charge in [-0.3, -0.25) is 4.68 Å². The molecule has 1 N–H and O–H groups in total. The Morgan fingerprint density at radius 3 is 2.80 bits per heavy atom. The van der Waals surface area contributed by atoms with Crippen molar-refractivity contribution in [2.45, 2.75) is 32.9 Å². The minimum atomic E-state index is -0.530. The molecule has 2 rings (SSSR count). The van der Waals surface area contributed by atoms with Gasteiger partial charge in [0, 0.05) is 4.47 Å². The topological polar surface area (TPSA) is 65.4 Å². The molecule has 0 spiro atoms. The van der Waals surface area contributed by atoms with Gasteiger partial charge in [-0.05, 0) is 44.5 Å². The lowest BCUT2D eigenvalue weighted by Gasteiger charge is -2.19. The quantitative estimate of drug-likeness (QED) is 0.732. The van der Waals surface area contributed by atoms with Crippen LogP contribution in [0.2, 0.25) is 0 Å². The molecule has 0 saturated carbocycles. The summed E-state index contributed by atoms with van der Waals surface area (Å²) in [5.74, 6) is 0.266. The fraction of sp³-hybridized carbons (Fsp3) is 0.412. The van der Waals surface area contributed by atoms with Gasteiger partial charge in [-0.25, -0.2) is 9.18 Å². The molecule has 0 aliphatic rings. The van der Waals surface area contributed by atoms with Crippen LogP contribution in [-0.4, -0.2) is 34.6 Å². The van der Waals surface area contributed by atoms with Gasteiger partial charge in [0.25, 0.3) is 0 Å². The standard InChI is InChI=1S/C17H21BrFN3O3/c1-17(2,3)25-16(23)20-4-5-24-15-9-21-22(11-15)10-12-6-13(18)8-14(19)7-12/h6-9,11H,4-5,10H2,1-3H3,(H,20,23). The van der Waals surface area contributed by atoms with Gasteiger partial charge in [0.05, 0.1) is 25.5 Å². The van der Waals surface area contributed by atoms with E-state index in [9.17, 15) is 9.18 Å². The number of aromatic nitrogens is 2. The van der Waals surface area contributed by atoms with Gasteiger partial charge in [0.1, 0.15) is 18.0 Å². The number of nitrogens with one attached hydrogen (secondary N) is 1. The fourth-order valence-corrected chi connectivity index (χ4v) is 2.54. The third kappa shape index (κ3) is 7.13. The highest BCUT2D eigenvalue weighted by atomic mass is 79.9. The summed E-state index contributed by atoms with van der Waals surface area (Å²) in [6.07, 6.45) is 2.80. The first-order chi connectivity index (χ1) is 11.7. The fourth-order valence-electron chi connectivity index (χ4n) is 2.03. The predicted molar refractivity (Wildman–Crippen MR) is 95.2 cm³/mol. The number of ether oxygens (including phenoxy) is 2. The van der Waals surface area contributed by atoms with E-state index in [2.05, 4.69) is 26.3 Å². The Balaban J connectivity index is 1.77. The number of benzene rings is 1. The van der Waals surface area contributed by atoms with Gasteiger partial charge < -0.3 is 14.8 Å². The summed E-state index contributed by atoms with van der Waals surface area (Å²) in [7, 11) is 0. The third-order valence-corrected chi connectivity index (χ3v) is 3.37. The van der Waals surface area contributed by atoms with Crippen LogP contribution in [0.25, 0.3) is 0 Å². The molecule has 136 valence electrons. The van der Waals surface area contributed by atoms with Gasteiger partial charge >= 0.3 is 6.09 Å². The van der Waals surface area contributed by atoms with E-state index in [1.54, 1.807) is 37.8 Å². The number of nitrogens with zero attached hydrogens (tertiary/aromatic N) is 2. The Labute approximate surface area is 154 Å². The molecule has 1 heterocycles. The average Bonchev–Trinajstić information content (AvgIpc) is 2.88. The summed E-state index contributed by atoms with van der Waals surface area (Å²) < 4.78 is 26.3. The van der Waals surface area contributed by atoms with E-state index in [0.717, 1.165) is 5.56 Å². The van der Waals surface area contributed by atoms with Crippen molar-refractivity contribution in [3.05, 3.63) is 46.4 Å². The average molecular weight is 414 g/mol. The molecule has 25 heavy (non-hydrogen) atoms. The summed E-state index contributed by atoms with van der Waals surface area (Å²) in [4.78, 5) is 11.5. The van der Waals surface area contributed by atoms with Crippen molar-refractivity contribution in [2.24, 2.45) is 0 Å². The molecule has 2 aromatic rings. The summed E-state index contributed by atoms with van der Waals surface area (Å²) in [5, 5.41) is 6.78. The van der Waals surface area contributed by atoms with Crippen LogP contribution in [0.15, 0.2) is 35.1 Å². The zero-order valence-corrected chi connectivity index (χ0v) is 16.0. The van der Waals surface area contributed by atoms with E-state index in [1.807, 2.05) is 6.07 Å². The Hall–Kier alpha value is -2.09. The Bertz CT molecular complexity index is 708. The van der Waals surface area contributed by atoms with Crippen LogP contribution in [0.1, 0.15) is 26.3 Å². The maximum atomic E-state index is 13.4. The SMILES string of the molecule is CC(C)(C)OC(=O)NCCOc1cnn(Cc2cc(F)cc(Br)c2)c1. The molecule has 0 saturated heterocycles. The molecule has 1 aromatic heterocycles. The minimum absolute atomic E-state index is 0.288. The smallest absolute Gasteiger partial charge is 0.407 e. The van der Waals surface area contributed by atoms with Gasteiger partial charge in [-0.15, -0.1) is 0 Å². The second-order valence-corrected chi connectivity index (χ2v) is 7.34. The van der Waals surface area contributed by atoms with Crippen LogP contribution in [0.4, 0.5) is 9.18 Å². The Kier molecular flexibility index (Phi) is 6.41. The lowest BCUT2D eigenvalue weighted by atomic mass is 10.2. The Morgan fingerprint density at radius 1 is 1.36 bits per heavy atom. The van der Waals surface area contributed by atoms with Crippen molar-refractivity contribution in [2.75, 3.05) is 13.2 Å². The molecular formula is C17H21BrFN3O3. The van der Waals surface area contributed by atoms with Crippen molar-refractivity contribution in [3.8, 4) is 5.75 Å². The highest BCUT2D eigenvalue weighted by molar-refractivity contribution is 9.10. The van der Waals surface area contributed by atoms with Crippen LogP contribution in [0.5, 0.6) is 5.75 Å². The highest BCUT2D eigenvalue weighted by Crippen LogP contribution is 2.17. The lowest BCUT2D eigenvalue weighted by Crippen LogP contribution is -2.34. The predicted octanol–water partition coefficient (Wildman–Crippen LogP) is 3.74. The van der Waals surface area contributed by atoms with Gasteiger partial charge in [-0.2, -0.15) is 5.10 Å². The highest BCUT2D eigenvalue weighted by Gasteiger charge is 2.15. The molecule has 0 aliphatic carbocycles. The second kappa shape index (κ2) is 8.33. The molecular weight excluding hydrogens is 393 g/mol. The number of alkyl carbamates (subject to hydrolysis) is 1. The zero-order chi connectivity index (χ0) is 18.4. The summed E-state index contributed by atoms with van der Waals surface area (Å²) >= 11 is 3.26. The first-order valence-electron chi connectivity index (χ1n) is 7.78. The van der Waals surface area contributed by atoms with Crippen molar-refractivity contribution in [3.63, 3.8) is 0 Å². The molecule has 0 radical (unpaired) electrons. The van der Waals surface area contributed by atoms with Crippen LogP contribution in [0, 0.1) is 5.82 Å². The first kappa shape index (κ1) is 19.2. The lowest BCUT2D eigenvalue weighted by molar-refractivity contribution is 0.0520. The van der Waals surface area contributed by atoms with Gasteiger partial charge in [0.2, 0.25) is 0 Å². The Morgan fingerprint density at radius 2 is 2.12 bits per heavy atom. The largest absolute Gasteiger partial charge is 0.488 e. The molecule has 1 amide bonds. The minimum Gasteiger partial charge on any atom is -0.488 e. The van der Waals surface area contributed by atoms with Crippen molar-refractivity contribution in [1.82, 2.24) is 15.1 Å². The normalized spacial score (nSPS) is 11.2. The van der Waals surface area contributed by atoms with Crippen LogP contribution < -0.4 is 10.1 Å². The number of carbonyl (C=O) groups excluding carboxylic acids is 1.